The van der Waals surface area contributed by atoms with Crippen LogP contribution in [0.15, 0.2) is 0 Å². The van der Waals surface area contributed by atoms with E-state index in [1.807, 2.05) is 6.92 Å². The van der Waals surface area contributed by atoms with Gasteiger partial charge < -0.3 is 16.0 Å². The van der Waals surface area contributed by atoms with Crippen LogP contribution >= 0.6 is 0 Å². The van der Waals surface area contributed by atoms with Gasteiger partial charge in [0.1, 0.15) is 0 Å². The molecule has 0 aromatic heterocycles. The van der Waals surface area contributed by atoms with E-state index in [9.17, 15) is 9.59 Å². The minimum absolute atomic E-state index is 0.0522. The van der Waals surface area contributed by atoms with Crippen molar-refractivity contribution in [2.24, 2.45) is 0 Å². The van der Waals surface area contributed by atoms with E-state index in [1.165, 1.54) is 0 Å². The summed E-state index contributed by atoms with van der Waals surface area (Å²) in [5, 5.41) is 9.19. The number of likely N-dealkylation sites (N-methyl/N-ethyl adjacent to an activating group) is 1. The summed E-state index contributed by atoms with van der Waals surface area (Å²) in [7, 11) is 1.66. The molecule has 2 heterocycles. The fourth-order valence-electron chi connectivity index (χ4n) is 3.11. The second-order valence-corrected chi connectivity index (χ2v) is 6.41. The lowest BCUT2D eigenvalue weighted by atomic mass is 9.89. The molecule has 21 heavy (non-hydrogen) atoms. The highest BCUT2D eigenvalue weighted by molar-refractivity contribution is 5.86. The lowest BCUT2D eigenvalue weighted by Crippen LogP contribution is -2.59. The highest BCUT2D eigenvalue weighted by atomic mass is 16.2. The third-order valence-corrected chi connectivity index (χ3v) is 4.69. The highest BCUT2D eigenvalue weighted by Gasteiger charge is 2.35. The lowest BCUT2D eigenvalue weighted by molar-refractivity contribution is -0.129. The van der Waals surface area contributed by atoms with Gasteiger partial charge >= 0.3 is 0 Å². The quantitative estimate of drug-likeness (QED) is 0.674. The number of piperidine rings is 2. The first-order chi connectivity index (χ1) is 10.0. The average Bonchev–Trinajstić information content (AvgIpc) is 2.50. The summed E-state index contributed by atoms with van der Waals surface area (Å²) in [5.41, 5.74) is -0.405. The van der Waals surface area contributed by atoms with Gasteiger partial charge in [0, 0.05) is 26.2 Å². The number of likely N-dealkylation sites (tertiary alicyclic amines) is 1. The zero-order valence-electron chi connectivity index (χ0n) is 13.2. The Morgan fingerprint density at radius 3 is 2.57 bits per heavy atom. The molecule has 6 heteroatoms. The van der Waals surface area contributed by atoms with Crippen LogP contribution in [-0.4, -0.2) is 61.5 Å². The van der Waals surface area contributed by atoms with Crippen molar-refractivity contribution < 1.29 is 9.59 Å². The molecule has 120 valence electrons. The molecule has 2 amide bonds. The van der Waals surface area contributed by atoms with Crippen molar-refractivity contribution in [1.29, 1.82) is 0 Å². The van der Waals surface area contributed by atoms with E-state index in [0.717, 1.165) is 51.7 Å². The van der Waals surface area contributed by atoms with Gasteiger partial charge in [0.25, 0.3) is 0 Å². The summed E-state index contributed by atoms with van der Waals surface area (Å²) in [6, 6.07) is 0.235. The van der Waals surface area contributed by atoms with E-state index in [-0.39, 0.29) is 17.9 Å². The molecule has 6 nitrogen and oxygen atoms in total. The Morgan fingerprint density at radius 1 is 1.29 bits per heavy atom. The number of nitrogens with one attached hydrogen (secondary N) is 3. The molecule has 0 radical (unpaired) electrons. The van der Waals surface area contributed by atoms with Gasteiger partial charge in [-0.15, -0.1) is 0 Å². The Balaban J connectivity index is 1.75. The summed E-state index contributed by atoms with van der Waals surface area (Å²) in [6.45, 7) is 5.11. The highest BCUT2D eigenvalue weighted by Crippen LogP contribution is 2.20. The van der Waals surface area contributed by atoms with E-state index in [2.05, 4.69) is 20.9 Å². The largest absolute Gasteiger partial charge is 0.358 e. The number of carbonyl (C=O) groups excluding carboxylic acids is 2. The third kappa shape index (κ3) is 4.41. The fourth-order valence-corrected chi connectivity index (χ4v) is 3.11. The molecule has 0 saturated carbocycles. The number of rotatable bonds is 4. The van der Waals surface area contributed by atoms with Crippen LogP contribution in [0, 0.1) is 0 Å². The second-order valence-electron chi connectivity index (χ2n) is 6.41. The topological polar surface area (TPSA) is 73.5 Å². The van der Waals surface area contributed by atoms with Crippen molar-refractivity contribution in [3.05, 3.63) is 0 Å². The number of hydrogen-bond donors (Lipinski definition) is 3. The molecule has 1 atom stereocenters. The van der Waals surface area contributed by atoms with Crippen molar-refractivity contribution in [1.82, 2.24) is 20.9 Å². The summed E-state index contributed by atoms with van der Waals surface area (Å²) in [4.78, 5) is 25.9. The van der Waals surface area contributed by atoms with Gasteiger partial charge in [-0.3, -0.25) is 14.5 Å². The van der Waals surface area contributed by atoms with E-state index >= 15 is 0 Å². The molecule has 2 fully saturated rings. The molecule has 0 bridgehead atoms. The normalized spacial score (nSPS) is 28.1. The predicted molar refractivity (Wildman–Crippen MR) is 81.9 cm³/mol. The summed E-state index contributed by atoms with van der Waals surface area (Å²) in [6.07, 6.45) is 5.01. The van der Waals surface area contributed by atoms with Crippen molar-refractivity contribution in [3.63, 3.8) is 0 Å². The summed E-state index contributed by atoms with van der Waals surface area (Å²) < 4.78 is 0. The molecule has 2 rings (SSSR count). The number of hydrogen-bond acceptors (Lipinski definition) is 4. The van der Waals surface area contributed by atoms with E-state index in [1.54, 1.807) is 7.05 Å². The smallest absolute Gasteiger partial charge is 0.240 e. The first-order valence-corrected chi connectivity index (χ1v) is 8.02. The molecule has 0 aromatic rings. The van der Waals surface area contributed by atoms with Crippen molar-refractivity contribution >= 4 is 11.8 Å². The Morgan fingerprint density at radius 2 is 2.00 bits per heavy atom. The van der Waals surface area contributed by atoms with Gasteiger partial charge in [0.05, 0.1) is 12.1 Å². The minimum Gasteiger partial charge on any atom is -0.358 e. The molecule has 0 aliphatic carbocycles. The van der Waals surface area contributed by atoms with E-state index in [0.29, 0.717) is 6.54 Å². The maximum Gasteiger partial charge on any atom is 0.240 e. The maximum absolute atomic E-state index is 12.4. The van der Waals surface area contributed by atoms with Crippen LogP contribution in [0.3, 0.4) is 0 Å². The molecular formula is C15H28N4O2. The Labute approximate surface area is 127 Å². The molecule has 3 N–H and O–H groups in total. The van der Waals surface area contributed by atoms with Crippen LogP contribution < -0.4 is 16.0 Å². The number of carbonyl (C=O) groups is 2. The Hall–Kier alpha value is -1.14. The average molecular weight is 296 g/mol. The molecular weight excluding hydrogens is 268 g/mol. The molecule has 2 aliphatic rings. The van der Waals surface area contributed by atoms with Gasteiger partial charge in [0.2, 0.25) is 11.8 Å². The minimum atomic E-state index is -0.405. The van der Waals surface area contributed by atoms with Crippen molar-refractivity contribution in [2.45, 2.75) is 50.6 Å². The van der Waals surface area contributed by atoms with Gasteiger partial charge in [-0.25, -0.2) is 0 Å². The zero-order chi connectivity index (χ0) is 15.3. The Bertz CT molecular complexity index is 372. The first-order valence-electron chi connectivity index (χ1n) is 8.02. The standard InChI is InChI=1S/C15H28N4O2/c1-15(7-3-4-8-17-15)14(21)18-12-5-9-19(10-6-12)11-13(20)16-2/h12,17H,3-11H2,1-2H3,(H,16,20)(H,18,21). The molecule has 1 unspecified atom stereocenters. The van der Waals surface area contributed by atoms with Crippen LogP contribution in [0.5, 0.6) is 0 Å². The second kappa shape index (κ2) is 7.22. The Kier molecular flexibility index (Phi) is 5.58. The van der Waals surface area contributed by atoms with Crippen molar-refractivity contribution in [3.8, 4) is 0 Å². The van der Waals surface area contributed by atoms with E-state index in [4.69, 9.17) is 0 Å². The third-order valence-electron chi connectivity index (χ3n) is 4.69. The van der Waals surface area contributed by atoms with Crippen LogP contribution in [0.4, 0.5) is 0 Å². The van der Waals surface area contributed by atoms with Gasteiger partial charge in [-0.05, 0) is 45.6 Å². The maximum atomic E-state index is 12.4. The van der Waals surface area contributed by atoms with Crippen molar-refractivity contribution in [2.75, 3.05) is 33.2 Å². The van der Waals surface area contributed by atoms with Crippen LogP contribution in [0.2, 0.25) is 0 Å². The van der Waals surface area contributed by atoms with Crippen LogP contribution in [0.25, 0.3) is 0 Å². The lowest BCUT2D eigenvalue weighted by Gasteiger charge is -2.37. The molecule has 0 spiro atoms. The number of amides is 2. The van der Waals surface area contributed by atoms with Crippen LogP contribution in [-0.2, 0) is 9.59 Å². The molecule has 2 saturated heterocycles. The fraction of sp³-hybridized carbons (Fsp3) is 0.867. The van der Waals surface area contributed by atoms with Crippen LogP contribution in [0.1, 0.15) is 39.0 Å². The van der Waals surface area contributed by atoms with Gasteiger partial charge in [-0.1, -0.05) is 0 Å². The first kappa shape index (κ1) is 16.2. The summed E-state index contributed by atoms with van der Waals surface area (Å²) in [5.74, 6) is 0.184. The summed E-state index contributed by atoms with van der Waals surface area (Å²) >= 11 is 0. The SMILES string of the molecule is CNC(=O)CN1CCC(NC(=O)C2(C)CCCCN2)CC1. The molecule has 2 aliphatic heterocycles. The predicted octanol–water partition coefficient (Wildman–Crippen LogP) is -0.155. The van der Waals surface area contributed by atoms with Gasteiger partial charge in [-0.2, -0.15) is 0 Å². The monoisotopic (exact) mass is 296 g/mol. The number of nitrogens with zero attached hydrogens (tertiary/aromatic N) is 1. The van der Waals surface area contributed by atoms with E-state index < -0.39 is 5.54 Å². The molecule has 0 aromatic carbocycles. The van der Waals surface area contributed by atoms with Gasteiger partial charge in [0.15, 0.2) is 0 Å². The zero-order valence-corrected chi connectivity index (χ0v) is 13.2.